The number of nitrogens with zero attached hydrogens (tertiary/aromatic N) is 4. The summed E-state index contributed by atoms with van der Waals surface area (Å²) in [5.74, 6) is -0.0473. The number of carbonyl (C=O) groups is 1. The van der Waals surface area contributed by atoms with Gasteiger partial charge in [0.25, 0.3) is 5.91 Å². The Bertz CT molecular complexity index is 350. The molecule has 2 heterocycles. The second-order valence-electron chi connectivity index (χ2n) is 4.11. The molecule has 0 atom stereocenters. The molecule has 1 aromatic rings. The zero-order valence-corrected chi connectivity index (χ0v) is 10.7. The SMILES string of the molecule is CN(CCN1CCNCC1)C(=O)c1cnsn1. The third-order valence-corrected chi connectivity index (χ3v) is 3.37. The topological polar surface area (TPSA) is 61.4 Å². The summed E-state index contributed by atoms with van der Waals surface area (Å²) >= 11 is 1.07. The maximum atomic E-state index is 11.9. The minimum atomic E-state index is -0.0473. The Labute approximate surface area is 105 Å². The van der Waals surface area contributed by atoms with E-state index < -0.39 is 0 Å². The summed E-state index contributed by atoms with van der Waals surface area (Å²) in [7, 11) is 1.81. The summed E-state index contributed by atoms with van der Waals surface area (Å²) < 4.78 is 7.79. The van der Waals surface area contributed by atoms with E-state index in [0.29, 0.717) is 5.69 Å². The van der Waals surface area contributed by atoms with Crippen LogP contribution in [0.25, 0.3) is 0 Å². The number of nitrogens with one attached hydrogen (secondary N) is 1. The highest BCUT2D eigenvalue weighted by molar-refractivity contribution is 6.99. The Morgan fingerprint density at radius 2 is 2.35 bits per heavy atom. The molecule has 0 unspecified atom stereocenters. The standard InChI is InChI=1S/C10H17N5OS/c1-14(10(16)9-8-12-17-13-9)6-7-15-4-2-11-3-5-15/h8,11H,2-7H2,1H3. The molecule has 17 heavy (non-hydrogen) atoms. The third-order valence-electron chi connectivity index (χ3n) is 2.89. The van der Waals surface area contributed by atoms with Gasteiger partial charge >= 0.3 is 0 Å². The van der Waals surface area contributed by atoms with Crippen molar-refractivity contribution in [2.24, 2.45) is 0 Å². The van der Waals surface area contributed by atoms with Crippen molar-refractivity contribution < 1.29 is 4.79 Å². The van der Waals surface area contributed by atoms with E-state index in [4.69, 9.17) is 0 Å². The fraction of sp³-hybridized carbons (Fsp3) is 0.700. The number of amides is 1. The Hall–Kier alpha value is -1.05. The molecule has 1 amide bonds. The number of hydrogen-bond acceptors (Lipinski definition) is 6. The number of aromatic nitrogens is 2. The molecule has 1 aliphatic heterocycles. The van der Waals surface area contributed by atoms with Crippen LogP contribution in [0, 0.1) is 0 Å². The first-order valence-electron chi connectivity index (χ1n) is 5.73. The van der Waals surface area contributed by atoms with Crippen molar-refractivity contribution in [3.8, 4) is 0 Å². The van der Waals surface area contributed by atoms with Crippen LogP contribution >= 0.6 is 11.7 Å². The van der Waals surface area contributed by atoms with E-state index in [1.54, 1.807) is 4.90 Å². The van der Waals surface area contributed by atoms with Crippen molar-refractivity contribution in [1.29, 1.82) is 0 Å². The average molecular weight is 255 g/mol. The van der Waals surface area contributed by atoms with Crippen LogP contribution in [0.1, 0.15) is 10.5 Å². The van der Waals surface area contributed by atoms with Crippen LogP contribution in [-0.2, 0) is 0 Å². The summed E-state index contributed by atoms with van der Waals surface area (Å²) in [6.45, 7) is 5.83. The fourth-order valence-corrected chi connectivity index (χ4v) is 2.19. The molecule has 1 aliphatic rings. The number of hydrogen-bond donors (Lipinski definition) is 1. The highest BCUT2D eigenvalue weighted by Crippen LogP contribution is 2.01. The van der Waals surface area contributed by atoms with Gasteiger partial charge in [-0.05, 0) is 0 Å². The summed E-state index contributed by atoms with van der Waals surface area (Å²) in [5, 5.41) is 3.31. The largest absolute Gasteiger partial charge is 0.339 e. The molecule has 0 bridgehead atoms. The Kier molecular flexibility index (Phi) is 4.41. The minimum Gasteiger partial charge on any atom is -0.339 e. The smallest absolute Gasteiger partial charge is 0.275 e. The van der Waals surface area contributed by atoms with Crippen molar-refractivity contribution >= 4 is 17.6 Å². The lowest BCUT2D eigenvalue weighted by atomic mass is 10.3. The number of piperazine rings is 1. The molecule has 1 N–H and O–H groups in total. The van der Waals surface area contributed by atoms with Crippen molar-refractivity contribution in [3.63, 3.8) is 0 Å². The number of likely N-dealkylation sites (N-methyl/N-ethyl adjacent to an activating group) is 1. The van der Waals surface area contributed by atoms with E-state index in [2.05, 4.69) is 19.0 Å². The monoisotopic (exact) mass is 255 g/mol. The molecule has 7 heteroatoms. The predicted molar refractivity (Wildman–Crippen MR) is 66.2 cm³/mol. The number of carbonyl (C=O) groups excluding carboxylic acids is 1. The van der Waals surface area contributed by atoms with Crippen molar-refractivity contribution in [2.45, 2.75) is 0 Å². The zero-order valence-electron chi connectivity index (χ0n) is 9.93. The minimum absolute atomic E-state index is 0.0473. The van der Waals surface area contributed by atoms with Gasteiger partial charge in [-0.3, -0.25) is 9.69 Å². The van der Waals surface area contributed by atoms with Crippen LogP contribution in [0.5, 0.6) is 0 Å². The van der Waals surface area contributed by atoms with Crippen molar-refractivity contribution in [2.75, 3.05) is 46.3 Å². The molecule has 0 aromatic carbocycles. The maximum absolute atomic E-state index is 11.9. The van der Waals surface area contributed by atoms with Gasteiger partial charge in [0.05, 0.1) is 17.9 Å². The van der Waals surface area contributed by atoms with Gasteiger partial charge in [-0.25, -0.2) is 0 Å². The highest BCUT2D eigenvalue weighted by Gasteiger charge is 2.16. The van der Waals surface area contributed by atoms with Crippen molar-refractivity contribution in [1.82, 2.24) is 23.9 Å². The van der Waals surface area contributed by atoms with Crippen LogP contribution in [0.2, 0.25) is 0 Å². The molecule has 1 saturated heterocycles. The van der Waals surface area contributed by atoms with Gasteiger partial charge in [-0.1, -0.05) is 0 Å². The normalized spacial score (nSPS) is 17.0. The molecule has 0 spiro atoms. The molecule has 1 fully saturated rings. The van der Waals surface area contributed by atoms with Crippen LogP contribution in [0.3, 0.4) is 0 Å². The average Bonchev–Trinajstić information content (AvgIpc) is 2.90. The molecular weight excluding hydrogens is 238 g/mol. The quantitative estimate of drug-likeness (QED) is 0.787. The van der Waals surface area contributed by atoms with E-state index in [0.717, 1.165) is 51.0 Å². The van der Waals surface area contributed by atoms with Gasteiger partial charge in [0.1, 0.15) is 0 Å². The first kappa shape index (κ1) is 12.4. The van der Waals surface area contributed by atoms with E-state index in [-0.39, 0.29) is 5.91 Å². The van der Waals surface area contributed by atoms with Crippen LogP contribution in [-0.4, -0.2) is 70.8 Å². The van der Waals surface area contributed by atoms with Gasteiger partial charge < -0.3 is 10.2 Å². The van der Waals surface area contributed by atoms with E-state index in [1.165, 1.54) is 6.20 Å². The molecule has 0 radical (unpaired) electrons. The third kappa shape index (κ3) is 3.45. The van der Waals surface area contributed by atoms with Gasteiger partial charge in [0, 0.05) is 46.3 Å². The van der Waals surface area contributed by atoms with E-state index in [1.807, 2.05) is 7.05 Å². The van der Waals surface area contributed by atoms with Crippen LogP contribution < -0.4 is 5.32 Å². The van der Waals surface area contributed by atoms with Gasteiger partial charge in [0.15, 0.2) is 5.69 Å². The molecule has 1 aromatic heterocycles. The molecule has 94 valence electrons. The lowest BCUT2D eigenvalue weighted by Gasteiger charge is -2.28. The van der Waals surface area contributed by atoms with Gasteiger partial charge in [0.2, 0.25) is 0 Å². The molecular formula is C10H17N5OS. The van der Waals surface area contributed by atoms with E-state index in [9.17, 15) is 4.79 Å². The summed E-state index contributed by atoms with van der Waals surface area (Å²) in [5.41, 5.74) is 0.442. The summed E-state index contributed by atoms with van der Waals surface area (Å²) in [4.78, 5) is 15.9. The van der Waals surface area contributed by atoms with Crippen molar-refractivity contribution in [3.05, 3.63) is 11.9 Å². The van der Waals surface area contributed by atoms with Crippen LogP contribution in [0.15, 0.2) is 6.20 Å². The lowest BCUT2D eigenvalue weighted by molar-refractivity contribution is 0.0770. The Balaban J connectivity index is 1.76. The van der Waals surface area contributed by atoms with Crippen LogP contribution in [0.4, 0.5) is 0 Å². The molecule has 2 rings (SSSR count). The first-order chi connectivity index (χ1) is 8.27. The number of rotatable bonds is 4. The van der Waals surface area contributed by atoms with Gasteiger partial charge in [-0.2, -0.15) is 8.75 Å². The maximum Gasteiger partial charge on any atom is 0.275 e. The second kappa shape index (κ2) is 6.04. The molecule has 0 saturated carbocycles. The Morgan fingerprint density at radius 1 is 1.59 bits per heavy atom. The first-order valence-corrected chi connectivity index (χ1v) is 6.46. The lowest BCUT2D eigenvalue weighted by Crippen LogP contribution is -2.46. The highest BCUT2D eigenvalue weighted by atomic mass is 32.1. The van der Waals surface area contributed by atoms with E-state index >= 15 is 0 Å². The molecule has 0 aliphatic carbocycles. The second-order valence-corrected chi connectivity index (χ2v) is 4.67. The van der Waals surface area contributed by atoms with Gasteiger partial charge in [-0.15, -0.1) is 0 Å². The fourth-order valence-electron chi connectivity index (χ4n) is 1.78. The Morgan fingerprint density at radius 3 is 3.00 bits per heavy atom. The zero-order chi connectivity index (χ0) is 12.1. The summed E-state index contributed by atoms with van der Waals surface area (Å²) in [6.07, 6.45) is 1.52. The summed E-state index contributed by atoms with van der Waals surface area (Å²) in [6, 6.07) is 0. The predicted octanol–water partition coefficient (Wildman–Crippen LogP) is -0.485. The molecule has 6 nitrogen and oxygen atoms in total.